The second kappa shape index (κ2) is 11.0. The largest absolute Gasteiger partial charge is 0.496 e. The second-order valence-electron chi connectivity index (χ2n) is 8.54. The fourth-order valence-electron chi connectivity index (χ4n) is 4.14. The van der Waals surface area contributed by atoms with E-state index < -0.39 is 10.0 Å². The molecule has 0 atom stereocenters. The second-order valence-corrected chi connectivity index (χ2v) is 10.5. The molecule has 1 fully saturated rings. The fraction of sp³-hybridized carbons (Fsp3) is 0.400. The number of aromatic nitrogens is 2. The van der Waals surface area contributed by atoms with Crippen molar-refractivity contribution < 1.29 is 22.5 Å². The highest BCUT2D eigenvalue weighted by Gasteiger charge is 2.26. The van der Waals surface area contributed by atoms with E-state index in [1.165, 1.54) is 11.4 Å². The van der Waals surface area contributed by atoms with Gasteiger partial charge in [0.1, 0.15) is 5.75 Å². The van der Waals surface area contributed by atoms with Crippen LogP contribution in [0.15, 0.2) is 51.9 Å². The molecule has 2 heterocycles. The van der Waals surface area contributed by atoms with Crippen LogP contribution < -0.4 is 10.1 Å². The van der Waals surface area contributed by atoms with Gasteiger partial charge in [0.25, 0.3) is 0 Å². The van der Waals surface area contributed by atoms with Gasteiger partial charge in [0.2, 0.25) is 27.6 Å². The number of rotatable bonds is 9. The summed E-state index contributed by atoms with van der Waals surface area (Å²) < 4.78 is 38.3. The monoisotopic (exact) mass is 498 g/mol. The van der Waals surface area contributed by atoms with Crippen LogP contribution in [0.25, 0.3) is 11.4 Å². The summed E-state index contributed by atoms with van der Waals surface area (Å²) in [5, 5.41) is 6.78. The molecule has 0 spiro atoms. The molecule has 1 aliphatic heterocycles. The number of benzene rings is 2. The topological polar surface area (TPSA) is 115 Å². The number of piperidine rings is 1. The molecule has 10 heteroatoms. The molecule has 35 heavy (non-hydrogen) atoms. The van der Waals surface area contributed by atoms with E-state index in [1.54, 1.807) is 18.2 Å². The van der Waals surface area contributed by atoms with Gasteiger partial charge in [-0.3, -0.25) is 4.79 Å². The highest BCUT2D eigenvalue weighted by Crippen LogP contribution is 2.27. The average molecular weight is 499 g/mol. The fourth-order valence-corrected chi connectivity index (χ4v) is 5.70. The van der Waals surface area contributed by atoms with Crippen LogP contribution in [0.3, 0.4) is 0 Å². The molecule has 186 valence electrons. The molecule has 9 nitrogen and oxygen atoms in total. The van der Waals surface area contributed by atoms with E-state index >= 15 is 0 Å². The molecule has 0 radical (unpaired) electrons. The first-order chi connectivity index (χ1) is 16.9. The van der Waals surface area contributed by atoms with Crippen LogP contribution in [-0.4, -0.2) is 49.0 Å². The Labute approximate surface area is 205 Å². The Bertz CT molecular complexity index is 1280. The number of nitrogens with one attached hydrogen (secondary N) is 1. The van der Waals surface area contributed by atoms with Crippen LogP contribution in [0.2, 0.25) is 0 Å². The standard InChI is InChI=1S/C25H30N4O5S/c1-18-8-4-5-9-21(18)25-27-24(34-28-25)17-26-23(30)13-10-19-16-20(11-12-22(19)33-2)35(31,32)29-14-6-3-7-15-29/h4-5,8-9,11-12,16H,3,6-7,10,13-15,17H2,1-2H3,(H,26,30). The van der Waals surface area contributed by atoms with E-state index in [9.17, 15) is 13.2 Å². The summed E-state index contributed by atoms with van der Waals surface area (Å²) in [5.41, 5.74) is 2.57. The van der Waals surface area contributed by atoms with E-state index in [0.29, 0.717) is 42.5 Å². The lowest BCUT2D eigenvalue weighted by molar-refractivity contribution is -0.121. The number of methoxy groups -OCH3 is 1. The molecule has 1 aliphatic rings. The Kier molecular flexibility index (Phi) is 7.82. The van der Waals surface area contributed by atoms with Crippen molar-refractivity contribution in [1.82, 2.24) is 19.8 Å². The predicted octanol–water partition coefficient (Wildman–Crippen LogP) is 3.48. The molecular formula is C25H30N4O5S. The number of carbonyl (C=O) groups is 1. The third-order valence-electron chi connectivity index (χ3n) is 6.12. The van der Waals surface area contributed by atoms with Crippen LogP contribution in [0.1, 0.15) is 42.7 Å². The van der Waals surface area contributed by atoms with Crippen molar-refractivity contribution in [3.63, 3.8) is 0 Å². The zero-order valence-electron chi connectivity index (χ0n) is 20.0. The molecule has 0 bridgehead atoms. The van der Waals surface area contributed by atoms with Crippen molar-refractivity contribution in [2.45, 2.75) is 50.5 Å². The van der Waals surface area contributed by atoms with Gasteiger partial charge >= 0.3 is 0 Å². The number of aryl methyl sites for hydroxylation is 2. The first kappa shape index (κ1) is 24.9. The summed E-state index contributed by atoms with van der Waals surface area (Å²) >= 11 is 0. The van der Waals surface area contributed by atoms with E-state index in [2.05, 4.69) is 15.5 Å². The molecule has 0 unspecified atom stereocenters. The Morgan fingerprint density at radius 2 is 1.91 bits per heavy atom. The van der Waals surface area contributed by atoms with Crippen LogP contribution >= 0.6 is 0 Å². The maximum atomic E-state index is 13.0. The number of hydrogen-bond acceptors (Lipinski definition) is 7. The summed E-state index contributed by atoms with van der Waals surface area (Å²) in [7, 11) is -2.04. The molecule has 0 aliphatic carbocycles. The van der Waals surface area contributed by atoms with Gasteiger partial charge in [-0.15, -0.1) is 0 Å². The summed E-state index contributed by atoms with van der Waals surface area (Å²) in [6.45, 7) is 3.15. The van der Waals surface area contributed by atoms with E-state index in [0.717, 1.165) is 30.4 Å². The summed E-state index contributed by atoms with van der Waals surface area (Å²) in [4.78, 5) is 17.1. The molecule has 1 aromatic heterocycles. The van der Waals surface area contributed by atoms with Crippen molar-refractivity contribution in [2.75, 3.05) is 20.2 Å². The lowest BCUT2D eigenvalue weighted by Crippen LogP contribution is -2.35. The number of ether oxygens (including phenoxy) is 1. The summed E-state index contributed by atoms with van der Waals surface area (Å²) in [5.74, 6) is 1.12. The van der Waals surface area contributed by atoms with E-state index in [1.807, 2.05) is 31.2 Å². The molecule has 1 N–H and O–H groups in total. The minimum Gasteiger partial charge on any atom is -0.496 e. The zero-order chi connectivity index (χ0) is 24.8. The Morgan fingerprint density at radius 1 is 1.14 bits per heavy atom. The SMILES string of the molecule is COc1ccc(S(=O)(=O)N2CCCCC2)cc1CCC(=O)NCc1nc(-c2ccccc2C)no1. The number of hydrogen-bond donors (Lipinski definition) is 1. The maximum Gasteiger partial charge on any atom is 0.246 e. The number of carbonyl (C=O) groups excluding carboxylic acids is 1. The Morgan fingerprint density at radius 3 is 2.66 bits per heavy atom. The molecule has 2 aromatic carbocycles. The quantitative estimate of drug-likeness (QED) is 0.480. The van der Waals surface area contributed by atoms with Crippen molar-refractivity contribution >= 4 is 15.9 Å². The number of sulfonamides is 1. The molecule has 3 aromatic rings. The van der Waals surface area contributed by atoms with Gasteiger partial charge in [0.15, 0.2) is 0 Å². The minimum atomic E-state index is -3.57. The molecular weight excluding hydrogens is 468 g/mol. The molecule has 1 amide bonds. The van der Waals surface area contributed by atoms with E-state index in [-0.39, 0.29) is 23.8 Å². The van der Waals surface area contributed by atoms with Crippen molar-refractivity contribution in [3.05, 3.63) is 59.5 Å². The first-order valence-electron chi connectivity index (χ1n) is 11.7. The van der Waals surface area contributed by atoms with Crippen LogP contribution in [0.4, 0.5) is 0 Å². The van der Waals surface area contributed by atoms with Crippen molar-refractivity contribution in [1.29, 1.82) is 0 Å². The molecule has 0 saturated carbocycles. The smallest absolute Gasteiger partial charge is 0.246 e. The van der Waals surface area contributed by atoms with Gasteiger partial charge in [0.05, 0.1) is 18.6 Å². The van der Waals surface area contributed by atoms with Gasteiger partial charge in [0, 0.05) is 25.1 Å². The number of nitrogens with zero attached hydrogens (tertiary/aromatic N) is 3. The van der Waals surface area contributed by atoms with Crippen LogP contribution in [0, 0.1) is 6.92 Å². The Balaban J connectivity index is 1.37. The predicted molar refractivity (Wildman–Crippen MR) is 130 cm³/mol. The molecule has 1 saturated heterocycles. The van der Waals surface area contributed by atoms with Crippen molar-refractivity contribution in [3.8, 4) is 17.1 Å². The third kappa shape index (κ3) is 5.88. The summed E-state index contributed by atoms with van der Waals surface area (Å²) in [6.07, 6.45) is 3.27. The lowest BCUT2D eigenvalue weighted by Gasteiger charge is -2.26. The van der Waals surface area contributed by atoms with E-state index in [4.69, 9.17) is 9.26 Å². The first-order valence-corrected chi connectivity index (χ1v) is 13.1. The van der Waals surface area contributed by atoms with Gasteiger partial charge in [-0.25, -0.2) is 8.42 Å². The van der Waals surface area contributed by atoms with Gasteiger partial charge in [-0.2, -0.15) is 9.29 Å². The number of amides is 1. The normalized spacial score (nSPS) is 14.6. The highest BCUT2D eigenvalue weighted by atomic mass is 32.2. The van der Waals surface area contributed by atoms with Crippen LogP contribution in [-0.2, 0) is 27.8 Å². The van der Waals surface area contributed by atoms with Crippen LogP contribution in [0.5, 0.6) is 5.75 Å². The van der Waals surface area contributed by atoms with Gasteiger partial charge in [-0.05, 0) is 55.5 Å². The van der Waals surface area contributed by atoms with Gasteiger partial charge < -0.3 is 14.6 Å². The minimum absolute atomic E-state index is 0.109. The lowest BCUT2D eigenvalue weighted by atomic mass is 10.1. The Hall–Kier alpha value is -3.24. The third-order valence-corrected chi connectivity index (χ3v) is 8.01. The van der Waals surface area contributed by atoms with Gasteiger partial charge in [-0.1, -0.05) is 35.8 Å². The zero-order valence-corrected chi connectivity index (χ0v) is 20.8. The molecule has 4 rings (SSSR count). The van der Waals surface area contributed by atoms with Crippen molar-refractivity contribution in [2.24, 2.45) is 0 Å². The summed E-state index contributed by atoms with van der Waals surface area (Å²) in [6, 6.07) is 12.5. The maximum absolute atomic E-state index is 13.0. The average Bonchev–Trinajstić information content (AvgIpc) is 3.35. The highest BCUT2D eigenvalue weighted by molar-refractivity contribution is 7.89.